The number of anilines is 1. The highest BCUT2D eigenvalue weighted by Crippen LogP contribution is 2.41. The van der Waals surface area contributed by atoms with Gasteiger partial charge in [0.05, 0.1) is 17.6 Å². The van der Waals surface area contributed by atoms with E-state index in [1.165, 1.54) is 0 Å². The number of nitrogens with zero attached hydrogens (tertiary/aromatic N) is 4. The molecule has 1 aliphatic carbocycles. The van der Waals surface area contributed by atoms with Crippen LogP contribution in [0.3, 0.4) is 0 Å². The van der Waals surface area contributed by atoms with Gasteiger partial charge in [0, 0.05) is 37.8 Å². The van der Waals surface area contributed by atoms with Crippen molar-refractivity contribution in [1.82, 2.24) is 25.1 Å². The average Bonchev–Trinajstić information content (AvgIpc) is 3.61. The molecule has 1 saturated carbocycles. The Kier molecular flexibility index (Phi) is 5.39. The summed E-state index contributed by atoms with van der Waals surface area (Å²) in [6.45, 7) is 2.58. The molecule has 2 aliphatic heterocycles. The largest absolute Gasteiger partial charge is 0.345 e. The number of aromatic nitrogens is 2. The number of carbonyl (C=O) groups is 3. The Morgan fingerprint density at radius 2 is 1.80 bits per heavy atom. The van der Waals surface area contributed by atoms with Crippen LogP contribution in [0.4, 0.5) is 5.95 Å². The zero-order valence-electron chi connectivity index (χ0n) is 19.4. The van der Waals surface area contributed by atoms with E-state index in [9.17, 15) is 14.4 Å². The van der Waals surface area contributed by atoms with Crippen LogP contribution in [0.5, 0.6) is 0 Å². The van der Waals surface area contributed by atoms with Crippen molar-refractivity contribution in [1.29, 1.82) is 0 Å². The highest BCUT2D eigenvalue weighted by molar-refractivity contribution is 6.05. The van der Waals surface area contributed by atoms with Gasteiger partial charge in [0.2, 0.25) is 17.8 Å². The Hall–Kier alpha value is -3.88. The molecular formula is C26H28N6O3. The molecule has 0 spiro atoms. The topological polar surface area (TPSA) is 102 Å². The summed E-state index contributed by atoms with van der Waals surface area (Å²) in [5.74, 6) is 0.328. The number of fused-ring (bicyclic) bond motifs is 2. The number of H-pyrrole nitrogens is 1. The van der Waals surface area contributed by atoms with Gasteiger partial charge >= 0.3 is 0 Å². The smallest absolute Gasteiger partial charge is 0.255 e. The van der Waals surface area contributed by atoms with E-state index in [2.05, 4.69) is 20.2 Å². The number of hydrogen-bond donors (Lipinski definition) is 2. The monoisotopic (exact) mass is 472 g/mol. The lowest BCUT2D eigenvalue weighted by molar-refractivity contribution is -0.134. The van der Waals surface area contributed by atoms with Crippen molar-refractivity contribution < 1.29 is 14.4 Å². The lowest BCUT2D eigenvalue weighted by Crippen LogP contribution is -2.45. The fraction of sp³-hybridized carbons (Fsp3) is 0.385. The van der Waals surface area contributed by atoms with Crippen LogP contribution in [0.15, 0.2) is 48.5 Å². The van der Waals surface area contributed by atoms with Gasteiger partial charge in [-0.1, -0.05) is 30.3 Å². The first-order chi connectivity index (χ1) is 17.1. The van der Waals surface area contributed by atoms with Gasteiger partial charge in [0.15, 0.2) is 0 Å². The maximum absolute atomic E-state index is 13.2. The van der Waals surface area contributed by atoms with Crippen molar-refractivity contribution in [3.63, 3.8) is 0 Å². The Morgan fingerprint density at radius 3 is 2.63 bits per heavy atom. The molecule has 2 fully saturated rings. The van der Waals surface area contributed by atoms with Crippen LogP contribution in [-0.4, -0.2) is 76.3 Å². The Balaban J connectivity index is 1.08. The molecule has 2 N–H and O–H groups in total. The molecule has 6 rings (SSSR count). The van der Waals surface area contributed by atoms with Crippen LogP contribution < -0.4 is 10.2 Å². The molecule has 1 saturated heterocycles. The number of carbonyl (C=O) groups excluding carboxylic acids is 3. The van der Waals surface area contributed by atoms with Gasteiger partial charge in [-0.2, -0.15) is 0 Å². The molecule has 1 aromatic heterocycles. The molecule has 3 aromatic rings. The second-order valence-electron chi connectivity index (χ2n) is 9.45. The summed E-state index contributed by atoms with van der Waals surface area (Å²) in [6, 6.07) is 14.6. The SMILES string of the molecule is O=C(NCC(=O)N1CCCN(c2nc3ccccc3[nH]2)CC1)C1c2ccccc2C(=O)N1C1CC1. The lowest BCUT2D eigenvalue weighted by atomic mass is 10.0. The van der Waals surface area contributed by atoms with Gasteiger partial charge in [-0.25, -0.2) is 4.98 Å². The van der Waals surface area contributed by atoms with Gasteiger partial charge in [-0.15, -0.1) is 0 Å². The molecule has 3 aliphatic rings. The minimum Gasteiger partial charge on any atom is -0.345 e. The molecule has 2 aromatic carbocycles. The van der Waals surface area contributed by atoms with E-state index < -0.39 is 6.04 Å². The number of para-hydroxylation sites is 2. The minimum absolute atomic E-state index is 0.0746. The number of imidazole rings is 1. The van der Waals surface area contributed by atoms with Crippen LogP contribution in [0.1, 0.15) is 41.2 Å². The Bertz CT molecular complexity index is 1270. The number of aromatic amines is 1. The van der Waals surface area contributed by atoms with Crippen LogP contribution in [0.25, 0.3) is 11.0 Å². The number of rotatable bonds is 5. The molecule has 0 bridgehead atoms. The summed E-state index contributed by atoms with van der Waals surface area (Å²) in [7, 11) is 0. The maximum atomic E-state index is 13.2. The van der Waals surface area contributed by atoms with E-state index >= 15 is 0 Å². The Labute approximate surface area is 203 Å². The summed E-state index contributed by atoms with van der Waals surface area (Å²) >= 11 is 0. The Morgan fingerprint density at radius 1 is 1.00 bits per heavy atom. The van der Waals surface area contributed by atoms with Crippen molar-refractivity contribution in [3.8, 4) is 0 Å². The molecule has 3 amide bonds. The molecule has 1 atom stereocenters. The lowest BCUT2D eigenvalue weighted by Gasteiger charge is -2.25. The summed E-state index contributed by atoms with van der Waals surface area (Å²) in [5, 5.41) is 2.82. The van der Waals surface area contributed by atoms with Gasteiger partial charge in [-0.3, -0.25) is 14.4 Å². The standard InChI is InChI=1S/C26H28N6O3/c33-22(30-12-5-13-31(15-14-30)26-28-20-8-3-4-9-21(20)29-26)16-27-24(34)23-18-6-1-2-7-19(18)25(35)32(23)17-10-11-17/h1-4,6-9,17,23H,5,10-16H2,(H,27,34)(H,28,29). The summed E-state index contributed by atoms with van der Waals surface area (Å²) in [6.07, 6.45) is 2.65. The third-order valence-corrected chi connectivity index (χ3v) is 7.13. The van der Waals surface area contributed by atoms with E-state index in [1.54, 1.807) is 15.9 Å². The van der Waals surface area contributed by atoms with E-state index in [4.69, 9.17) is 0 Å². The summed E-state index contributed by atoms with van der Waals surface area (Å²) < 4.78 is 0. The predicted molar refractivity (Wildman–Crippen MR) is 131 cm³/mol. The van der Waals surface area contributed by atoms with E-state index in [-0.39, 0.29) is 30.3 Å². The normalized spacial score (nSPS) is 20.2. The second-order valence-corrected chi connectivity index (χ2v) is 9.45. The first-order valence-corrected chi connectivity index (χ1v) is 12.3. The zero-order valence-corrected chi connectivity index (χ0v) is 19.4. The van der Waals surface area contributed by atoms with Gasteiger partial charge in [-0.05, 0) is 43.0 Å². The summed E-state index contributed by atoms with van der Waals surface area (Å²) in [5.41, 5.74) is 3.24. The third-order valence-electron chi connectivity index (χ3n) is 7.13. The predicted octanol–water partition coefficient (Wildman–Crippen LogP) is 2.08. The average molecular weight is 473 g/mol. The molecule has 0 radical (unpaired) electrons. The van der Waals surface area contributed by atoms with E-state index in [0.717, 1.165) is 48.4 Å². The molecule has 35 heavy (non-hydrogen) atoms. The molecular weight excluding hydrogens is 444 g/mol. The molecule has 1 unspecified atom stereocenters. The fourth-order valence-corrected chi connectivity index (χ4v) is 5.17. The number of nitrogens with one attached hydrogen (secondary N) is 2. The minimum atomic E-state index is -0.660. The van der Waals surface area contributed by atoms with Crippen LogP contribution >= 0.6 is 0 Å². The highest BCUT2D eigenvalue weighted by Gasteiger charge is 2.47. The molecule has 180 valence electrons. The van der Waals surface area contributed by atoms with Crippen molar-refractivity contribution >= 4 is 34.7 Å². The van der Waals surface area contributed by atoms with Crippen molar-refractivity contribution in [2.75, 3.05) is 37.6 Å². The number of hydrogen-bond acceptors (Lipinski definition) is 5. The van der Waals surface area contributed by atoms with Crippen molar-refractivity contribution in [3.05, 3.63) is 59.7 Å². The van der Waals surface area contributed by atoms with Gasteiger partial charge in [0.25, 0.3) is 5.91 Å². The first kappa shape index (κ1) is 21.6. The van der Waals surface area contributed by atoms with Gasteiger partial charge < -0.3 is 25.0 Å². The van der Waals surface area contributed by atoms with E-state index in [1.807, 2.05) is 42.5 Å². The van der Waals surface area contributed by atoms with Crippen LogP contribution in [-0.2, 0) is 9.59 Å². The fourth-order valence-electron chi connectivity index (χ4n) is 5.17. The van der Waals surface area contributed by atoms with Gasteiger partial charge in [0.1, 0.15) is 6.04 Å². The third kappa shape index (κ3) is 4.00. The molecule has 3 heterocycles. The van der Waals surface area contributed by atoms with Crippen LogP contribution in [0.2, 0.25) is 0 Å². The van der Waals surface area contributed by atoms with Crippen LogP contribution in [0, 0.1) is 0 Å². The quantitative estimate of drug-likeness (QED) is 0.592. The number of amides is 3. The molecule has 9 nitrogen and oxygen atoms in total. The van der Waals surface area contributed by atoms with Crippen molar-refractivity contribution in [2.45, 2.75) is 31.3 Å². The highest BCUT2D eigenvalue weighted by atomic mass is 16.2. The van der Waals surface area contributed by atoms with Crippen molar-refractivity contribution in [2.24, 2.45) is 0 Å². The first-order valence-electron chi connectivity index (χ1n) is 12.3. The number of benzene rings is 2. The van der Waals surface area contributed by atoms with E-state index in [0.29, 0.717) is 25.2 Å². The summed E-state index contributed by atoms with van der Waals surface area (Å²) in [4.78, 5) is 52.7. The maximum Gasteiger partial charge on any atom is 0.255 e. The second kappa shape index (κ2) is 8.72. The molecule has 9 heteroatoms. The zero-order chi connectivity index (χ0) is 23.9.